The first kappa shape index (κ1) is 50.2. The maximum Gasteiger partial charge on any atom is 0.224 e. The number of imidazole rings is 1. The average Bonchev–Trinajstić information content (AvgIpc) is 3.69. The van der Waals surface area contributed by atoms with E-state index in [1.165, 1.54) is 167 Å². The fraction of sp³-hybridized carbons (Fsp3) is 0.891. The van der Waals surface area contributed by atoms with Gasteiger partial charge in [-0.2, -0.15) is 0 Å². The minimum atomic E-state index is -0.519. The zero-order valence-corrected chi connectivity index (χ0v) is 35.7. The van der Waals surface area contributed by atoms with Crippen LogP contribution in [-0.4, -0.2) is 72.1 Å². The molecular weight excluding hydrogens is 673 g/mol. The van der Waals surface area contributed by atoms with Crippen LogP contribution in [-0.2, 0) is 25.5 Å². The lowest BCUT2D eigenvalue weighted by molar-refractivity contribution is -0.132. The van der Waals surface area contributed by atoms with Crippen molar-refractivity contribution in [1.82, 2.24) is 14.9 Å². The number of nitrogens with zero attached hydrogens (tertiary/aromatic N) is 2. The van der Waals surface area contributed by atoms with Crippen molar-refractivity contribution in [3.63, 3.8) is 0 Å². The van der Waals surface area contributed by atoms with Gasteiger partial charge in [0.2, 0.25) is 5.91 Å². The van der Waals surface area contributed by atoms with Gasteiger partial charge >= 0.3 is 0 Å². The second kappa shape index (κ2) is 39.5. The molecule has 0 bridgehead atoms. The largest absolute Gasteiger partial charge is 0.379 e. The Kier molecular flexibility index (Phi) is 36.7. The fourth-order valence-corrected chi connectivity index (χ4v) is 7.28. The second-order valence-corrected chi connectivity index (χ2v) is 16.0. The number of aromatic amines is 1. The zero-order chi connectivity index (χ0) is 39.0. The Hall–Kier alpha value is -1.77. The van der Waals surface area contributed by atoms with Crippen molar-refractivity contribution >= 4 is 11.7 Å². The molecular formula is C46H88N4O4. The molecule has 1 aromatic heterocycles. The number of Topliss-reactive ketones (excluding diaryl/α,β-unsaturated/α-hetero) is 1. The zero-order valence-electron chi connectivity index (χ0n) is 35.7. The number of nitrogens with two attached hydrogens (primary N) is 1. The Morgan fingerprint density at radius 2 is 0.981 bits per heavy atom. The number of ether oxygens (including phenoxy) is 2. The van der Waals surface area contributed by atoms with E-state index in [9.17, 15) is 9.59 Å². The molecule has 0 fully saturated rings. The number of H-pyrrole nitrogens is 1. The summed E-state index contributed by atoms with van der Waals surface area (Å²) in [6.07, 6.45) is 43.0. The predicted octanol–water partition coefficient (Wildman–Crippen LogP) is 11.8. The molecule has 1 heterocycles. The van der Waals surface area contributed by atoms with Gasteiger partial charge in [-0.15, -0.1) is 0 Å². The van der Waals surface area contributed by atoms with Crippen LogP contribution in [0.2, 0.25) is 0 Å². The van der Waals surface area contributed by atoms with E-state index in [-0.39, 0.29) is 11.7 Å². The number of carbonyl (C=O) groups excluding carboxylic acids is 2. The highest BCUT2D eigenvalue weighted by Gasteiger charge is 2.15. The maximum absolute atomic E-state index is 13.2. The van der Waals surface area contributed by atoms with Crippen LogP contribution in [0.25, 0.3) is 0 Å². The van der Waals surface area contributed by atoms with Gasteiger partial charge in [-0.05, 0) is 19.3 Å². The number of aromatic nitrogens is 2. The molecule has 1 amide bonds. The SMILES string of the molecule is CCCCCCCCCCCCCCCCN(CCCCCCCCCCCCCCCC)C(=O)CCOCCOCCCC(=O)C(N)Cc1cnc[nH]1. The minimum absolute atomic E-state index is 0.0377. The molecule has 316 valence electrons. The summed E-state index contributed by atoms with van der Waals surface area (Å²) in [4.78, 5) is 34.6. The Bertz CT molecular complexity index is 896. The molecule has 1 unspecified atom stereocenters. The van der Waals surface area contributed by atoms with Crippen LogP contribution in [0.15, 0.2) is 12.5 Å². The van der Waals surface area contributed by atoms with Crippen LogP contribution in [0.5, 0.6) is 0 Å². The molecule has 1 rings (SSSR count). The quantitative estimate of drug-likeness (QED) is 0.0641. The molecule has 8 heteroatoms. The standard InChI is InChI=1S/C46H88N4O4/c1-3-5-7-9-11-13-15-17-19-21-23-25-27-29-34-50(35-30-28-26-24-22-20-18-16-14-12-10-8-6-4-2)46(52)33-37-54-39-38-53-36-31-32-45(51)44(47)40-43-41-48-42-49-43/h41-42,44H,3-40,47H2,1-2H3,(H,48,49). The molecule has 54 heavy (non-hydrogen) atoms. The third-order valence-electron chi connectivity index (χ3n) is 10.9. The third kappa shape index (κ3) is 32.5. The average molecular weight is 761 g/mol. The highest BCUT2D eigenvalue weighted by atomic mass is 16.5. The Labute approximate surface area is 333 Å². The van der Waals surface area contributed by atoms with Gasteiger partial charge in [-0.3, -0.25) is 9.59 Å². The van der Waals surface area contributed by atoms with Gasteiger partial charge in [0.1, 0.15) is 5.78 Å². The molecule has 0 aromatic carbocycles. The van der Waals surface area contributed by atoms with Gasteiger partial charge in [0.05, 0.1) is 38.6 Å². The van der Waals surface area contributed by atoms with Gasteiger partial charge in [0.25, 0.3) is 0 Å². The van der Waals surface area contributed by atoms with E-state index in [1.807, 2.05) is 0 Å². The molecule has 0 radical (unpaired) electrons. The molecule has 0 aliphatic heterocycles. The van der Waals surface area contributed by atoms with Crippen molar-refractivity contribution < 1.29 is 19.1 Å². The van der Waals surface area contributed by atoms with E-state index < -0.39 is 6.04 Å². The molecule has 3 N–H and O–H groups in total. The van der Waals surface area contributed by atoms with Gasteiger partial charge in [-0.25, -0.2) is 4.98 Å². The number of nitrogens with one attached hydrogen (secondary N) is 1. The van der Waals surface area contributed by atoms with Crippen molar-refractivity contribution in [2.45, 2.75) is 225 Å². The number of carbonyl (C=O) groups is 2. The molecule has 8 nitrogen and oxygen atoms in total. The van der Waals surface area contributed by atoms with E-state index >= 15 is 0 Å². The van der Waals surface area contributed by atoms with Crippen molar-refractivity contribution in [3.05, 3.63) is 18.2 Å². The number of unbranched alkanes of at least 4 members (excludes halogenated alkanes) is 26. The first-order valence-corrected chi connectivity index (χ1v) is 23.3. The molecule has 0 aliphatic rings. The third-order valence-corrected chi connectivity index (χ3v) is 10.9. The van der Waals surface area contributed by atoms with Crippen LogP contribution in [0.3, 0.4) is 0 Å². The first-order valence-electron chi connectivity index (χ1n) is 23.3. The summed E-state index contributed by atoms with van der Waals surface area (Å²) in [5, 5.41) is 0. The number of hydrogen-bond donors (Lipinski definition) is 2. The van der Waals surface area contributed by atoms with Crippen molar-refractivity contribution in [2.24, 2.45) is 5.73 Å². The summed E-state index contributed by atoms with van der Waals surface area (Å²) >= 11 is 0. The van der Waals surface area contributed by atoms with E-state index in [0.29, 0.717) is 52.1 Å². The summed E-state index contributed by atoms with van der Waals surface area (Å²) in [7, 11) is 0. The highest BCUT2D eigenvalue weighted by Crippen LogP contribution is 2.15. The molecule has 0 spiro atoms. The predicted molar refractivity (Wildman–Crippen MR) is 228 cm³/mol. The summed E-state index contributed by atoms with van der Waals surface area (Å²) in [6, 6.07) is -0.519. The van der Waals surface area contributed by atoms with Gasteiger partial charge in [-0.1, -0.05) is 181 Å². The summed E-state index contributed by atoms with van der Waals surface area (Å²) < 4.78 is 11.4. The minimum Gasteiger partial charge on any atom is -0.379 e. The first-order chi connectivity index (χ1) is 26.6. The fourth-order valence-electron chi connectivity index (χ4n) is 7.28. The number of ketones is 1. The van der Waals surface area contributed by atoms with E-state index in [0.717, 1.165) is 31.6 Å². The van der Waals surface area contributed by atoms with E-state index in [2.05, 4.69) is 28.7 Å². The molecule has 0 saturated carbocycles. The topological polar surface area (TPSA) is 111 Å². The van der Waals surface area contributed by atoms with Crippen molar-refractivity contribution in [1.29, 1.82) is 0 Å². The van der Waals surface area contributed by atoms with E-state index in [4.69, 9.17) is 15.2 Å². The van der Waals surface area contributed by atoms with Crippen LogP contribution >= 0.6 is 0 Å². The van der Waals surface area contributed by atoms with Crippen LogP contribution < -0.4 is 5.73 Å². The van der Waals surface area contributed by atoms with Gasteiger partial charge in [0, 0.05) is 44.4 Å². The lowest BCUT2D eigenvalue weighted by atomic mass is 10.0. The van der Waals surface area contributed by atoms with Crippen LogP contribution in [0, 0.1) is 0 Å². The van der Waals surface area contributed by atoms with Crippen molar-refractivity contribution in [3.8, 4) is 0 Å². The van der Waals surface area contributed by atoms with Crippen LogP contribution in [0.4, 0.5) is 0 Å². The molecule has 0 aliphatic carbocycles. The number of amides is 1. The lowest BCUT2D eigenvalue weighted by Crippen LogP contribution is -2.33. The number of rotatable bonds is 43. The Morgan fingerprint density at radius 1 is 0.574 bits per heavy atom. The van der Waals surface area contributed by atoms with Crippen LogP contribution in [0.1, 0.15) is 219 Å². The van der Waals surface area contributed by atoms with Gasteiger partial charge < -0.3 is 25.1 Å². The monoisotopic (exact) mass is 761 g/mol. The smallest absolute Gasteiger partial charge is 0.224 e. The van der Waals surface area contributed by atoms with Gasteiger partial charge in [0.15, 0.2) is 0 Å². The Balaban J connectivity index is 2.19. The number of hydrogen-bond acceptors (Lipinski definition) is 6. The Morgan fingerprint density at radius 3 is 1.39 bits per heavy atom. The summed E-state index contributed by atoms with van der Waals surface area (Å²) in [5.74, 6) is 0.265. The maximum atomic E-state index is 13.2. The molecule has 1 atom stereocenters. The molecule has 0 saturated heterocycles. The normalized spacial score (nSPS) is 12.1. The van der Waals surface area contributed by atoms with E-state index in [1.54, 1.807) is 12.5 Å². The second-order valence-electron chi connectivity index (χ2n) is 16.0. The summed E-state index contributed by atoms with van der Waals surface area (Å²) in [6.45, 7) is 8.17. The van der Waals surface area contributed by atoms with Crippen molar-refractivity contribution in [2.75, 3.05) is 39.5 Å². The lowest BCUT2D eigenvalue weighted by Gasteiger charge is -2.23. The molecule has 1 aromatic rings. The summed E-state index contributed by atoms with van der Waals surface area (Å²) in [5.41, 5.74) is 6.89. The highest BCUT2D eigenvalue weighted by molar-refractivity contribution is 5.83.